The van der Waals surface area contributed by atoms with E-state index in [0.29, 0.717) is 20.4 Å². The normalized spacial score (nSPS) is 16.0. The van der Waals surface area contributed by atoms with Gasteiger partial charge in [-0.1, -0.05) is 72.3 Å². The van der Waals surface area contributed by atoms with Crippen LogP contribution in [0.4, 0.5) is 0 Å². The van der Waals surface area contributed by atoms with Crippen molar-refractivity contribution in [3.05, 3.63) is 105 Å². The van der Waals surface area contributed by atoms with E-state index in [1.807, 2.05) is 48.5 Å². The third-order valence-corrected chi connectivity index (χ3v) is 6.00. The van der Waals surface area contributed by atoms with Crippen LogP contribution in [0, 0.1) is 0 Å². The molecule has 0 aliphatic carbocycles. The van der Waals surface area contributed by atoms with Gasteiger partial charge in [-0.15, -0.1) is 0 Å². The molecule has 0 saturated carbocycles. The second-order valence-electron chi connectivity index (χ2n) is 5.64. The summed E-state index contributed by atoms with van der Waals surface area (Å²) in [5, 5.41) is 0.361. The van der Waals surface area contributed by atoms with Gasteiger partial charge in [-0.3, -0.25) is 4.79 Å². The number of allylic oxidation sites excluding steroid dienone is 1. The Morgan fingerprint density at radius 1 is 0.800 bits per heavy atom. The van der Waals surface area contributed by atoms with Crippen LogP contribution in [0.25, 0.3) is 5.57 Å². The molecule has 0 aromatic heterocycles. The number of hydrogen-bond donors (Lipinski definition) is 0. The van der Waals surface area contributed by atoms with E-state index in [0.717, 1.165) is 16.7 Å². The highest BCUT2D eigenvalue weighted by Crippen LogP contribution is 2.42. The maximum atomic E-state index is 13.2. The molecule has 0 spiro atoms. The van der Waals surface area contributed by atoms with Gasteiger partial charge in [0.15, 0.2) is 0 Å². The number of carbonyl (C=O) groups is 1. The minimum atomic E-state index is -1.53. The van der Waals surface area contributed by atoms with Gasteiger partial charge in [0.25, 0.3) is 0 Å². The summed E-state index contributed by atoms with van der Waals surface area (Å²) in [6.45, 7) is 0. The number of hydrogen-bond acceptors (Lipinski definition) is 2. The summed E-state index contributed by atoms with van der Waals surface area (Å²) in [6, 6.07) is 23.9. The Bertz CT molecular complexity index is 1040. The number of Topliss-reactive ketones (excluding diaryl/α,β-unsaturated/α-hetero) is 1. The number of halogens is 1. The van der Waals surface area contributed by atoms with Crippen LogP contribution in [0.3, 0.4) is 0 Å². The Labute approximate surface area is 153 Å². The van der Waals surface area contributed by atoms with Crippen molar-refractivity contribution in [1.82, 2.24) is 0 Å². The van der Waals surface area contributed by atoms with Crippen LogP contribution in [-0.2, 0) is 10.8 Å². The minimum Gasteiger partial charge on any atom is -0.288 e. The van der Waals surface area contributed by atoms with Crippen molar-refractivity contribution in [3.8, 4) is 0 Å². The van der Waals surface area contributed by atoms with E-state index < -0.39 is 10.8 Å². The number of fused-ring (bicyclic) bond motifs is 1. The Morgan fingerprint density at radius 2 is 1.44 bits per heavy atom. The fourth-order valence-corrected chi connectivity index (χ4v) is 4.72. The molecular weight excluding hydrogens is 352 g/mol. The van der Waals surface area contributed by atoms with Crippen LogP contribution < -0.4 is 0 Å². The molecule has 0 saturated heterocycles. The van der Waals surface area contributed by atoms with E-state index in [1.165, 1.54) is 0 Å². The topological polar surface area (TPSA) is 34.1 Å². The van der Waals surface area contributed by atoms with Gasteiger partial charge in [0.2, 0.25) is 5.78 Å². The highest BCUT2D eigenvalue weighted by Gasteiger charge is 2.34. The zero-order chi connectivity index (χ0) is 17.4. The second kappa shape index (κ2) is 6.43. The van der Waals surface area contributed by atoms with Crippen LogP contribution in [0.5, 0.6) is 0 Å². The molecule has 1 aliphatic rings. The highest BCUT2D eigenvalue weighted by atomic mass is 35.5. The quantitative estimate of drug-likeness (QED) is 0.605. The molecule has 0 N–H and O–H groups in total. The van der Waals surface area contributed by atoms with E-state index in [9.17, 15) is 9.00 Å². The molecule has 0 amide bonds. The van der Waals surface area contributed by atoms with E-state index >= 15 is 0 Å². The van der Waals surface area contributed by atoms with Gasteiger partial charge >= 0.3 is 0 Å². The van der Waals surface area contributed by atoms with Crippen molar-refractivity contribution in [3.63, 3.8) is 0 Å². The van der Waals surface area contributed by atoms with Gasteiger partial charge in [-0.05, 0) is 23.8 Å². The van der Waals surface area contributed by atoms with E-state index in [4.69, 9.17) is 11.6 Å². The zero-order valence-electron chi connectivity index (χ0n) is 13.1. The average molecular weight is 365 g/mol. The largest absolute Gasteiger partial charge is 0.288 e. The van der Waals surface area contributed by atoms with Crippen molar-refractivity contribution in [2.75, 3.05) is 0 Å². The summed E-state index contributed by atoms with van der Waals surface area (Å²) in [7, 11) is -1.53. The van der Waals surface area contributed by atoms with Crippen LogP contribution in [0.15, 0.2) is 88.7 Å². The SMILES string of the molecule is O=C(C1=C(c2ccccc2)c2ccccc2S1=O)c1ccccc1Cl. The standard InChI is InChI=1S/C21H13ClO2S/c22-17-12-6-4-10-15(17)20(23)21-19(14-8-2-1-3-9-14)16-11-5-7-13-18(16)25(21)24/h1-13H. The molecule has 0 bridgehead atoms. The summed E-state index contributed by atoms with van der Waals surface area (Å²) in [5.74, 6) is -0.293. The van der Waals surface area contributed by atoms with Gasteiger partial charge in [-0.25, -0.2) is 4.21 Å². The first-order valence-electron chi connectivity index (χ1n) is 7.78. The summed E-state index contributed by atoms with van der Waals surface area (Å²) in [5.41, 5.74) is 2.80. The molecule has 2 nitrogen and oxygen atoms in total. The van der Waals surface area contributed by atoms with Gasteiger partial charge < -0.3 is 0 Å². The smallest absolute Gasteiger partial charge is 0.204 e. The lowest BCUT2D eigenvalue weighted by molar-refractivity contribution is 0.104. The first-order valence-corrected chi connectivity index (χ1v) is 9.31. The molecule has 4 heteroatoms. The van der Waals surface area contributed by atoms with Gasteiger partial charge in [0, 0.05) is 16.7 Å². The Morgan fingerprint density at radius 3 is 2.20 bits per heavy atom. The zero-order valence-corrected chi connectivity index (χ0v) is 14.7. The number of rotatable bonds is 3. The van der Waals surface area contributed by atoms with E-state index in [2.05, 4.69) is 0 Å². The Balaban J connectivity index is 1.99. The van der Waals surface area contributed by atoms with Crippen LogP contribution in [0.2, 0.25) is 5.02 Å². The van der Waals surface area contributed by atoms with Crippen molar-refractivity contribution < 1.29 is 9.00 Å². The lowest BCUT2D eigenvalue weighted by Gasteiger charge is -2.08. The monoisotopic (exact) mass is 364 g/mol. The molecule has 25 heavy (non-hydrogen) atoms. The Kier molecular flexibility index (Phi) is 4.12. The van der Waals surface area contributed by atoms with Crippen molar-refractivity contribution in [2.45, 2.75) is 4.90 Å². The Hall–Kier alpha value is -2.49. The molecule has 3 aromatic carbocycles. The van der Waals surface area contributed by atoms with Crippen LogP contribution in [-0.4, -0.2) is 9.99 Å². The van der Waals surface area contributed by atoms with E-state index in [1.54, 1.807) is 30.3 Å². The third kappa shape index (κ3) is 2.66. The predicted octanol–water partition coefficient (Wildman–Crippen LogP) is 5.10. The summed E-state index contributed by atoms with van der Waals surface area (Å²) >= 11 is 6.21. The van der Waals surface area contributed by atoms with Gasteiger partial charge in [0.05, 0.1) is 20.7 Å². The number of benzene rings is 3. The summed E-state index contributed by atoms with van der Waals surface area (Å²) in [4.78, 5) is 14.2. The number of ketones is 1. The van der Waals surface area contributed by atoms with Crippen molar-refractivity contribution >= 4 is 33.8 Å². The van der Waals surface area contributed by atoms with Gasteiger partial charge in [0.1, 0.15) is 4.91 Å². The maximum Gasteiger partial charge on any atom is 0.204 e. The number of carbonyl (C=O) groups excluding carboxylic acids is 1. The van der Waals surface area contributed by atoms with Crippen molar-refractivity contribution in [2.24, 2.45) is 0 Å². The van der Waals surface area contributed by atoms with E-state index in [-0.39, 0.29) is 5.78 Å². The highest BCUT2D eigenvalue weighted by molar-refractivity contribution is 7.90. The molecule has 122 valence electrons. The fourth-order valence-electron chi connectivity index (χ4n) is 3.02. The van der Waals surface area contributed by atoms with Crippen molar-refractivity contribution in [1.29, 1.82) is 0 Å². The molecule has 1 aliphatic heterocycles. The first kappa shape index (κ1) is 16.0. The van der Waals surface area contributed by atoms with Gasteiger partial charge in [-0.2, -0.15) is 0 Å². The molecular formula is C21H13ClO2S. The van der Waals surface area contributed by atoms with Crippen LogP contribution >= 0.6 is 11.6 Å². The fraction of sp³-hybridized carbons (Fsp3) is 0. The molecule has 3 aromatic rings. The molecule has 1 heterocycles. The molecule has 0 fully saturated rings. The minimum absolute atomic E-state index is 0.292. The van der Waals surface area contributed by atoms with Crippen LogP contribution in [0.1, 0.15) is 21.5 Å². The predicted molar refractivity (Wildman–Crippen MR) is 101 cm³/mol. The first-order chi connectivity index (χ1) is 12.2. The molecule has 4 rings (SSSR count). The molecule has 1 unspecified atom stereocenters. The summed E-state index contributed by atoms with van der Waals surface area (Å²) < 4.78 is 13.1. The summed E-state index contributed by atoms with van der Waals surface area (Å²) in [6.07, 6.45) is 0. The average Bonchev–Trinajstić information content (AvgIpc) is 2.95. The lowest BCUT2D eigenvalue weighted by atomic mass is 9.95. The third-order valence-electron chi connectivity index (χ3n) is 4.16. The lowest BCUT2D eigenvalue weighted by Crippen LogP contribution is -2.08. The maximum absolute atomic E-state index is 13.2. The second-order valence-corrected chi connectivity index (χ2v) is 7.44. The molecule has 0 radical (unpaired) electrons. The molecule has 1 atom stereocenters.